The van der Waals surface area contributed by atoms with Crippen molar-refractivity contribution < 1.29 is 14.3 Å². The van der Waals surface area contributed by atoms with Gasteiger partial charge in [-0.3, -0.25) is 14.6 Å². The summed E-state index contributed by atoms with van der Waals surface area (Å²) in [6, 6.07) is 13.3. The minimum absolute atomic E-state index is 0.0167. The van der Waals surface area contributed by atoms with Gasteiger partial charge in [-0.15, -0.1) is 0 Å². The maximum atomic E-state index is 12.6. The Hall–Kier alpha value is -2.69. The van der Waals surface area contributed by atoms with E-state index in [9.17, 15) is 9.59 Å². The van der Waals surface area contributed by atoms with Gasteiger partial charge in [0.1, 0.15) is 0 Å². The van der Waals surface area contributed by atoms with Crippen molar-refractivity contribution in [3.8, 4) is 0 Å². The van der Waals surface area contributed by atoms with Gasteiger partial charge in [-0.05, 0) is 23.3 Å². The number of hydrogen-bond donors (Lipinski definition) is 0. The number of carbonyl (C=O) groups is 2. The van der Waals surface area contributed by atoms with Gasteiger partial charge in [-0.25, -0.2) is 0 Å². The number of benzene rings is 1. The van der Waals surface area contributed by atoms with Gasteiger partial charge in [0.05, 0.1) is 20.0 Å². The van der Waals surface area contributed by atoms with Crippen LogP contribution in [0.25, 0.3) is 0 Å². The summed E-state index contributed by atoms with van der Waals surface area (Å²) in [5.41, 5.74) is 1.93. The Balaban J connectivity index is 2.05. The van der Waals surface area contributed by atoms with Gasteiger partial charge in [0.2, 0.25) is 5.91 Å². The maximum absolute atomic E-state index is 12.6. The number of esters is 1. The topological polar surface area (TPSA) is 59.5 Å². The minimum atomic E-state index is -0.322. The molecule has 0 aliphatic rings. The first kappa shape index (κ1) is 16.7. The van der Waals surface area contributed by atoms with Crippen LogP contribution in [0.3, 0.4) is 0 Å². The molecular formula is C18H20N2O3. The van der Waals surface area contributed by atoms with Crippen LogP contribution in [-0.4, -0.2) is 35.4 Å². The average molecular weight is 312 g/mol. The van der Waals surface area contributed by atoms with E-state index in [1.54, 1.807) is 17.3 Å². The zero-order valence-corrected chi connectivity index (χ0v) is 13.1. The molecule has 0 radical (unpaired) electrons. The van der Waals surface area contributed by atoms with Crippen molar-refractivity contribution in [2.45, 2.75) is 19.4 Å². The molecule has 0 N–H and O–H groups in total. The molecule has 0 fully saturated rings. The molecule has 0 saturated carbocycles. The van der Waals surface area contributed by atoms with Crippen LogP contribution in [-0.2, 0) is 27.3 Å². The van der Waals surface area contributed by atoms with Crippen molar-refractivity contribution >= 4 is 11.9 Å². The highest BCUT2D eigenvalue weighted by molar-refractivity contribution is 5.79. The third-order valence-electron chi connectivity index (χ3n) is 3.49. The number of carbonyl (C=O) groups excluding carboxylic acids is 2. The molecule has 0 aliphatic carbocycles. The third-order valence-corrected chi connectivity index (χ3v) is 3.49. The molecule has 2 rings (SSSR count). The van der Waals surface area contributed by atoms with Crippen LogP contribution in [0, 0.1) is 0 Å². The summed E-state index contributed by atoms with van der Waals surface area (Å²) in [6.45, 7) is 0.784. The highest BCUT2D eigenvalue weighted by atomic mass is 16.5. The molecular weight excluding hydrogens is 292 g/mol. The van der Waals surface area contributed by atoms with E-state index >= 15 is 0 Å². The van der Waals surface area contributed by atoms with Crippen molar-refractivity contribution in [1.29, 1.82) is 0 Å². The second-order valence-corrected chi connectivity index (χ2v) is 5.16. The lowest BCUT2D eigenvalue weighted by atomic mass is 10.1. The third kappa shape index (κ3) is 5.54. The summed E-state index contributed by atoms with van der Waals surface area (Å²) < 4.78 is 4.66. The molecule has 23 heavy (non-hydrogen) atoms. The van der Waals surface area contributed by atoms with Gasteiger partial charge in [0.15, 0.2) is 0 Å². The van der Waals surface area contributed by atoms with Crippen molar-refractivity contribution in [3.05, 3.63) is 66.0 Å². The molecule has 120 valence electrons. The summed E-state index contributed by atoms with van der Waals surface area (Å²) >= 11 is 0. The molecule has 1 amide bonds. The number of ether oxygens (including phenoxy) is 1. The monoisotopic (exact) mass is 312 g/mol. The van der Waals surface area contributed by atoms with E-state index in [0.717, 1.165) is 11.1 Å². The Morgan fingerprint density at radius 3 is 2.39 bits per heavy atom. The predicted molar refractivity (Wildman–Crippen MR) is 86.4 cm³/mol. The van der Waals surface area contributed by atoms with E-state index in [-0.39, 0.29) is 18.3 Å². The number of rotatable bonds is 7. The standard InChI is InChI=1S/C18H20N2O3/c1-23-18(22)9-12-20(14-16-7-10-19-11-8-16)17(21)13-15-5-3-2-4-6-15/h2-8,10-11H,9,12-14H2,1H3. The summed E-state index contributed by atoms with van der Waals surface area (Å²) in [7, 11) is 1.35. The molecule has 1 aromatic carbocycles. The Morgan fingerprint density at radius 2 is 1.74 bits per heavy atom. The highest BCUT2D eigenvalue weighted by Crippen LogP contribution is 2.09. The molecule has 2 aromatic rings. The first-order valence-electron chi connectivity index (χ1n) is 7.46. The lowest BCUT2D eigenvalue weighted by molar-refractivity contribution is -0.141. The summed E-state index contributed by atoms with van der Waals surface area (Å²) in [5, 5.41) is 0. The average Bonchev–Trinajstić information content (AvgIpc) is 2.60. The summed E-state index contributed by atoms with van der Waals surface area (Å²) in [6.07, 6.45) is 3.88. The van der Waals surface area contributed by atoms with E-state index in [0.29, 0.717) is 19.5 Å². The SMILES string of the molecule is COC(=O)CCN(Cc1ccncc1)C(=O)Cc1ccccc1. The van der Waals surface area contributed by atoms with E-state index in [2.05, 4.69) is 9.72 Å². The minimum Gasteiger partial charge on any atom is -0.469 e. The highest BCUT2D eigenvalue weighted by Gasteiger charge is 2.16. The fourth-order valence-electron chi connectivity index (χ4n) is 2.21. The molecule has 0 bridgehead atoms. The van der Waals surface area contributed by atoms with E-state index in [1.165, 1.54) is 7.11 Å². The van der Waals surface area contributed by atoms with Crippen LogP contribution < -0.4 is 0 Å². The Labute approximate surface area is 135 Å². The number of pyridine rings is 1. The number of aromatic nitrogens is 1. The molecule has 0 spiro atoms. The Bertz CT molecular complexity index is 629. The van der Waals surface area contributed by atoms with Gasteiger partial charge in [0.25, 0.3) is 0 Å². The smallest absolute Gasteiger partial charge is 0.307 e. The Kier molecular flexibility index (Phi) is 6.29. The van der Waals surface area contributed by atoms with Crippen LogP contribution >= 0.6 is 0 Å². The lowest BCUT2D eigenvalue weighted by Crippen LogP contribution is -2.34. The van der Waals surface area contributed by atoms with Gasteiger partial charge >= 0.3 is 5.97 Å². The van der Waals surface area contributed by atoms with Gasteiger partial charge in [-0.1, -0.05) is 30.3 Å². The Morgan fingerprint density at radius 1 is 1.04 bits per heavy atom. The zero-order chi connectivity index (χ0) is 16.5. The number of methoxy groups -OCH3 is 1. The predicted octanol–water partition coefficient (Wildman–Crippen LogP) is 2.22. The van der Waals surface area contributed by atoms with Crippen LogP contribution in [0.2, 0.25) is 0 Å². The van der Waals surface area contributed by atoms with Crippen LogP contribution in [0.5, 0.6) is 0 Å². The summed E-state index contributed by atoms with van der Waals surface area (Å²) in [5.74, 6) is -0.339. The second-order valence-electron chi connectivity index (χ2n) is 5.16. The zero-order valence-electron chi connectivity index (χ0n) is 13.1. The van der Waals surface area contributed by atoms with Crippen LogP contribution in [0.4, 0.5) is 0 Å². The van der Waals surface area contributed by atoms with Crippen molar-refractivity contribution in [2.24, 2.45) is 0 Å². The first-order valence-corrected chi connectivity index (χ1v) is 7.46. The lowest BCUT2D eigenvalue weighted by Gasteiger charge is -2.22. The van der Waals surface area contributed by atoms with Gasteiger partial charge in [-0.2, -0.15) is 0 Å². The molecule has 0 aliphatic heterocycles. The fourth-order valence-corrected chi connectivity index (χ4v) is 2.21. The molecule has 5 nitrogen and oxygen atoms in total. The van der Waals surface area contributed by atoms with Gasteiger partial charge in [0, 0.05) is 25.5 Å². The number of amides is 1. The van der Waals surface area contributed by atoms with Gasteiger partial charge < -0.3 is 9.64 Å². The van der Waals surface area contributed by atoms with Crippen molar-refractivity contribution in [1.82, 2.24) is 9.88 Å². The first-order chi connectivity index (χ1) is 11.2. The normalized spacial score (nSPS) is 10.1. The molecule has 0 unspecified atom stereocenters. The second kappa shape index (κ2) is 8.68. The van der Waals surface area contributed by atoms with E-state index < -0.39 is 0 Å². The van der Waals surface area contributed by atoms with E-state index in [4.69, 9.17) is 0 Å². The molecule has 0 saturated heterocycles. The summed E-state index contributed by atoms with van der Waals surface area (Å²) in [4.78, 5) is 29.6. The fraction of sp³-hybridized carbons (Fsp3) is 0.278. The number of hydrogen-bond acceptors (Lipinski definition) is 4. The molecule has 1 aromatic heterocycles. The van der Waals surface area contributed by atoms with E-state index in [1.807, 2.05) is 42.5 Å². The van der Waals surface area contributed by atoms with Crippen molar-refractivity contribution in [2.75, 3.05) is 13.7 Å². The van der Waals surface area contributed by atoms with Crippen molar-refractivity contribution in [3.63, 3.8) is 0 Å². The largest absolute Gasteiger partial charge is 0.469 e. The van der Waals surface area contributed by atoms with Crippen LogP contribution in [0.1, 0.15) is 17.5 Å². The molecule has 1 heterocycles. The number of nitrogens with zero attached hydrogens (tertiary/aromatic N) is 2. The molecule has 5 heteroatoms. The maximum Gasteiger partial charge on any atom is 0.307 e. The van der Waals surface area contributed by atoms with Crippen LogP contribution in [0.15, 0.2) is 54.9 Å². The molecule has 0 atom stereocenters. The quantitative estimate of drug-likeness (QED) is 0.736.